The molecule has 2 heterocycles. The Morgan fingerprint density at radius 1 is 1.04 bits per heavy atom. The number of anilines is 1. The van der Waals surface area contributed by atoms with Crippen LogP contribution in [0.15, 0.2) is 30.3 Å². The van der Waals surface area contributed by atoms with Gasteiger partial charge in [0.1, 0.15) is 0 Å². The Bertz CT molecular complexity index is 731. The number of hydrogen-bond acceptors (Lipinski definition) is 5. The number of ether oxygens (including phenoxy) is 1. The van der Waals surface area contributed by atoms with E-state index < -0.39 is 11.6 Å². The summed E-state index contributed by atoms with van der Waals surface area (Å²) in [6.45, 7) is 2.09. The maximum absolute atomic E-state index is 13.3. The van der Waals surface area contributed by atoms with Gasteiger partial charge in [-0.25, -0.2) is 8.78 Å². The third-order valence-corrected chi connectivity index (χ3v) is 3.89. The highest BCUT2D eigenvalue weighted by atomic mass is 19.2. The van der Waals surface area contributed by atoms with Crippen LogP contribution in [0, 0.1) is 11.6 Å². The van der Waals surface area contributed by atoms with Crippen molar-refractivity contribution in [3.05, 3.63) is 47.5 Å². The van der Waals surface area contributed by atoms with Gasteiger partial charge in [0.2, 0.25) is 5.88 Å². The standard InChI is InChI=1S/C16H16F2N4O2/c1-24-15-5-4-14(19-20-15)21-6-8-22(9-7-21)16(23)11-2-3-12(17)13(18)10-11/h2-5,10H,6-9H2,1H3. The Kier molecular flexibility index (Phi) is 4.54. The van der Waals surface area contributed by atoms with Crippen LogP contribution in [-0.2, 0) is 0 Å². The Labute approximate surface area is 137 Å². The van der Waals surface area contributed by atoms with Crippen molar-refractivity contribution < 1.29 is 18.3 Å². The van der Waals surface area contributed by atoms with Crippen LogP contribution in [0.1, 0.15) is 10.4 Å². The number of aromatic nitrogens is 2. The predicted molar refractivity (Wildman–Crippen MR) is 83.1 cm³/mol. The molecule has 1 aliphatic heterocycles. The molecular formula is C16H16F2N4O2. The second kappa shape index (κ2) is 6.77. The lowest BCUT2D eigenvalue weighted by atomic mass is 10.1. The summed E-state index contributed by atoms with van der Waals surface area (Å²) in [6, 6.07) is 6.71. The molecule has 6 nitrogen and oxygen atoms in total. The first-order valence-electron chi connectivity index (χ1n) is 7.45. The fourth-order valence-electron chi connectivity index (χ4n) is 2.54. The summed E-state index contributed by atoms with van der Waals surface area (Å²) in [4.78, 5) is 16.0. The van der Waals surface area contributed by atoms with Crippen molar-refractivity contribution in [1.29, 1.82) is 0 Å². The molecule has 1 saturated heterocycles. The second-order valence-corrected chi connectivity index (χ2v) is 5.34. The van der Waals surface area contributed by atoms with Crippen molar-refractivity contribution in [3.63, 3.8) is 0 Å². The number of nitrogens with zero attached hydrogens (tertiary/aromatic N) is 4. The van der Waals surface area contributed by atoms with Crippen LogP contribution in [0.2, 0.25) is 0 Å². The van der Waals surface area contributed by atoms with Crippen molar-refractivity contribution in [1.82, 2.24) is 15.1 Å². The summed E-state index contributed by atoms with van der Waals surface area (Å²) in [5.41, 5.74) is 0.145. The number of halogens is 2. The summed E-state index contributed by atoms with van der Waals surface area (Å²) in [5, 5.41) is 8.00. The average Bonchev–Trinajstić information content (AvgIpc) is 2.63. The SMILES string of the molecule is COc1ccc(N2CCN(C(=O)c3ccc(F)c(F)c3)CC2)nn1. The number of benzene rings is 1. The molecule has 0 spiro atoms. The van der Waals surface area contributed by atoms with Crippen LogP contribution in [0.4, 0.5) is 14.6 Å². The smallest absolute Gasteiger partial charge is 0.254 e. The zero-order valence-corrected chi connectivity index (χ0v) is 13.1. The van der Waals surface area contributed by atoms with Crippen LogP contribution in [0.25, 0.3) is 0 Å². The largest absolute Gasteiger partial charge is 0.480 e. The van der Waals surface area contributed by atoms with Crippen LogP contribution < -0.4 is 9.64 Å². The van der Waals surface area contributed by atoms with E-state index in [0.717, 1.165) is 12.1 Å². The monoisotopic (exact) mass is 334 g/mol. The van der Waals surface area contributed by atoms with Crippen LogP contribution in [0.5, 0.6) is 5.88 Å². The highest BCUT2D eigenvalue weighted by Gasteiger charge is 2.23. The van der Waals surface area contributed by atoms with Gasteiger partial charge in [-0.15, -0.1) is 10.2 Å². The molecule has 3 rings (SSSR count). The third-order valence-electron chi connectivity index (χ3n) is 3.89. The van der Waals surface area contributed by atoms with E-state index in [1.807, 2.05) is 4.90 Å². The molecule has 1 amide bonds. The van der Waals surface area contributed by atoms with Gasteiger partial charge in [-0.1, -0.05) is 0 Å². The van der Waals surface area contributed by atoms with Crippen LogP contribution in [0.3, 0.4) is 0 Å². The van der Waals surface area contributed by atoms with Gasteiger partial charge >= 0.3 is 0 Å². The minimum Gasteiger partial charge on any atom is -0.480 e. The summed E-state index contributed by atoms with van der Waals surface area (Å²) < 4.78 is 31.2. The van der Waals surface area contributed by atoms with E-state index in [1.54, 1.807) is 17.0 Å². The first kappa shape index (κ1) is 16.1. The third kappa shape index (κ3) is 3.27. The van der Waals surface area contributed by atoms with Gasteiger partial charge in [0.15, 0.2) is 17.5 Å². The molecule has 1 fully saturated rings. The summed E-state index contributed by atoms with van der Waals surface area (Å²) in [7, 11) is 1.52. The molecule has 1 aliphatic rings. The van der Waals surface area contributed by atoms with Crippen molar-refractivity contribution in [2.75, 3.05) is 38.2 Å². The van der Waals surface area contributed by atoms with E-state index in [9.17, 15) is 13.6 Å². The fourth-order valence-corrected chi connectivity index (χ4v) is 2.54. The highest BCUT2D eigenvalue weighted by molar-refractivity contribution is 5.94. The van der Waals surface area contributed by atoms with Gasteiger partial charge in [0, 0.05) is 37.8 Å². The van der Waals surface area contributed by atoms with E-state index in [4.69, 9.17) is 4.74 Å². The summed E-state index contributed by atoms with van der Waals surface area (Å²) >= 11 is 0. The van der Waals surface area contributed by atoms with Gasteiger partial charge in [-0.3, -0.25) is 4.79 Å². The first-order chi connectivity index (χ1) is 11.6. The van der Waals surface area contributed by atoms with Gasteiger partial charge < -0.3 is 14.5 Å². The molecule has 0 saturated carbocycles. The quantitative estimate of drug-likeness (QED) is 0.855. The van der Waals surface area contributed by atoms with E-state index in [2.05, 4.69) is 10.2 Å². The molecule has 24 heavy (non-hydrogen) atoms. The normalized spacial score (nSPS) is 14.6. The maximum Gasteiger partial charge on any atom is 0.254 e. The summed E-state index contributed by atoms with van der Waals surface area (Å²) in [5.74, 6) is -1.15. The maximum atomic E-state index is 13.3. The number of amides is 1. The Hall–Kier alpha value is -2.77. The lowest BCUT2D eigenvalue weighted by molar-refractivity contribution is 0.0746. The lowest BCUT2D eigenvalue weighted by Crippen LogP contribution is -2.49. The van der Waals surface area contributed by atoms with Gasteiger partial charge in [0.05, 0.1) is 7.11 Å². The highest BCUT2D eigenvalue weighted by Crippen LogP contribution is 2.17. The fraction of sp³-hybridized carbons (Fsp3) is 0.312. The molecule has 1 aromatic carbocycles. The van der Waals surface area contributed by atoms with E-state index >= 15 is 0 Å². The number of piperazine rings is 1. The molecule has 0 unspecified atom stereocenters. The molecule has 0 N–H and O–H groups in total. The van der Waals surface area contributed by atoms with E-state index in [1.165, 1.54) is 13.2 Å². The van der Waals surface area contributed by atoms with E-state index in [0.29, 0.717) is 37.9 Å². The minimum atomic E-state index is -1.02. The van der Waals surface area contributed by atoms with Crippen LogP contribution >= 0.6 is 0 Å². The Balaban J connectivity index is 1.63. The molecule has 8 heteroatoms. The Morgan fingerprint density at radius 3 is 2.38 bits per heavy atom. The molecule has 1 aromatic heterocycles. The van der Waals surface area contributed by atoms with Gasteiger partial charge in [0.25, 0.3) is 5.91 Å². The average molecular weight is 334 g/mol. The molecule has 0 aliphatic carbocycles. The van der Waals surface area contributed by atoms with Crippen LogP contribution in [-0.4, -0.2) is 54.3 Å². The molecule has 0 atom stereocenters. The van der Waals surface area contributed by atoms with Crippen molar-refractivity contribution >= 4 is 11.7 Å². The number of carbonyl (C=O) groups is 1. The number of carbonyl (C=O) groups excluding carboxylic acids is 1. The predicted octanol–water partition coefficient (Wildman–Crippen LogP) is 1.73. The molecule has 0 bridgehead atoms. The lowest BCUT2D eigenvalue weighted by Gasteiger charge is -2.35. The number of rotatable bonds is 3. The molecule has 0 radical (unpaired) electrons. The van der Waals surface area contributed by atoms with Gasteiger partial charge in [-0.05, 0) is 24.3 Å². The molecule has 126 valence electrons. The number of methoxy groups -OCH3 is 1. The van der Waals surface area contributed by atoms with Crippen molar-refractivity contribution in [2.45, 2.75) is 0 Å². The zero-order chi connectivity index (χ0) is 17.1. The molecular weight excluding hydrogens is 318 g/mol. The first-order valence-corrected chi connectivity index (χ1v) is 7.45. The van der Waals surface area contributed by atoms with Crippen molar-refractivity contribution in [3.8, 4) is 5.88 Å². The number of hydrogen-bond donors (Lipinski definition) is 0. The van der Waals surface area contributed by atoms with Gasteiger partial charge in [-0.2, -0.15) is 0 Å². The van der Waals surface area contributed by atoms with Crippen molar-refractivity contribution in [2.24, 2.45) is 0 Å². The molecule has 2 aromatic rings. The Morgan fingerprint density at radius 2 is 1.79 bits per heavy atom. The topological polar surface area (TPSA) is 58.6 Å². The minimum absolute atomic E-state index is 0.145. The zero-order valence-electron chi connectivity index (χ0n) is 13.1. The summed E-state index contributed by atoms with van der Waals surface area (Å²) in [6.07, 6.45) is 0. The van der Waals surface area contributed by atoms with E-state index in [-0.39, 0.29) is 11.5 Å². The second-order valence-electron chi connectivity index (χ2n) is 5.34.